The second-order valence-electron chi connectivity index (χ2n) is 9.13. The third-order valence-electron chi connectivity index (χ3n) is 6.75. The van der Waals surface area contributed by atoms with Crippen LogP contribution in [0.2, 0.25) is 0 Å². The lowest BCUT2D eigenvalue weighted by molar-refractivity contribution is -0.120. The summed E-state index contributed by atoms with van der Waals surface area (Å²) >= 11 is 0. The smallest absolute Gasteiger partial charge is 0.220 e. The van der Waals surface area contributed by atoms with Crippen molar-refractivity contribution in [3.05, 3.63) is 90.1 Å². The first-order valence-electron chi connectivity index (χ1n) is 12.6. The predicted molar refractivity (Wildman–Crippen MR) is 147 cm³/mol. The zero-order valence-electron chi connectivity index (χ0n) is 20.9. The number of nitrogens with one attached hydrogen (secondary N) is 2. The molecule has 0 spiro atoms. The molecular formula is C30H30N6O. The molecule has 0 bridgehead atoms. The number of carbonyl (C=O) groups is 1. The van der Waals surface area contributed by atoms with E-state index in [4.69, 9.17) is 10.4 Å². The van der Waals surface area contributed by atoms with Gasteiger partial charge in [-0.15, -0.1) is 0 Å². The van der Waals surface area contributed by atoms with E-state index in [0.29, 0.717) is 18.4 Å². The molecule has 0 unspecified atom stereocenters. The van der Waals surface area contributed by atoms with Crippen LogP contribution in [0.5, 0.6) is 0 Å². The molecule has 3 aromatic carbocycles. The minimum absolute atomic E-state index is 0.00300. The summed E-state index contributed by atoms with van der Waals surface area (Å²) in [6.07, 6.45) is 0.967. The molecule has 2 N–H and O–H groups in total. The molecule has 186 valence electrons. The summed E-state index contributed by atoms with van der Waals surface area (Å²) in [5.74, 6) is 0.00300. The Morgan fingerprint density at radius 1 is 0.919 bits per heavy atom. The van der Waals surface area contributed by atoms with E-state index in [1.165, 1.54) is 5.69 Å². The Kier molecular flexibility index (Phi) is 7.29. The topological polar surface area (TPSA) is 86.0 Å². The van der Waals surface area contributed by atoms with Gasteiger partial charge in [-0.2, -0.15) is 10.4 Å². The summed E-state index contributed by atoms with van der Waals surface area (Å²) in [5, 5.41) is 20.0. The van der Waals surface area contributed by atoms with Crippen LogP contribution in [0, 0.1) is 11.3 Å². The molecule has 0 aliphatic carbocycles. The van der Waals surface area contributed by atoms with Gasteiger partial charge in [0.2, 0.25) is 5.91 Å². The van der Waals surface area contributed by atoms with Gasteiger partial charge in [-0.1, -0.05) is 36.4 Å². The maximum atomic E-state index is 11.8. The van der Waals surface area contributed by atoms with Gasteiger partial charge in [-0.3, -0.25) is 4.79 Å². The van der Waals surface area contributed by atoms with Crippen LogP contribution in [0.15, 0.2) is 78.9 Å². The molecule has 37 heavy (non-hydrogen) atoms. The maximum Gasteiger partial charge on any atom is 0.220 e. The number of nitriles is 1. The van der Waals surface area contributed by atoms with Crippen molar-refractivity contribution in [2.75, 3.05) is 38.1 Å². The molecule has 7 heteroatoms. The first-order valence-corrected chi connectivity index (χ1v) is 12.6. The van der Waals surface area contributed by atoms with E-state index in [2.05, 4.69) is 76.2 Å². The highest BCUT2D eigenvalue weighted by Crippen LogP contribution is 2.29. The van der Waals surface area contributed by atoms with E-state index < -0.39 is 0 Å². The molecule has 7 nitrogen and oxygen atoms in total. The molecular weight excluding hydrogens is 460 g/mol. The number of rotatable bonds is 7. The van der Waals surface area contributed by atoms with E-state index in [0.717, 1.165) is 59.9 Å². The standard InChI is InChI=1S/C30H30N6O/c1-32-30(37)15-10-26-20-29(25-8-6-24(7-9-25)23-4-2-22(21-31)3-5-23)36(34-26)28-13-11-27(12-14-28)35-18-16-33-17-19-35/h2-9,11-14,20,33H,10,15-19H2,1H3,(H,32,37). The highest BCUT2D eigenvalue weighted by Gasteiger charge is 2.15. The van der Waals surface area contributed by atoms with Crippen LogP contribution < -0.4 is 15.5 Å². The number of amides is 1. The van der Waals surface area contributed by atoms with Crippen molar-refractivity contribution >= 4 is 11.6 Å². The highest BCUT2D eigenvalue weighted by molar-refractivity contribution is 5.76. The number of aryl methyl sites for hydroxylation is 1. The second-order valence-corrected chi connectivity index (χ2v) is 9.13. The molecule has 5 rings (SSSR count). The summed E-state index contributed by atoms with van der Waals surface area (Å²) in [4.78, 5) is 14.2. The minimum atomic E-state index is 0.00300. The monoisotopic (exact) mass is 490 g/mol. The first kappa shape index (κ1) is 24.3. The number of benzene rings is 3. The van der Waals surface area contributed by atoms with Gasteiger partial charge in [-0.25, -0.2) is 4.68 Å². The number of hydrogen-bond acceptors (Lipinski definition) is 5. The van der Waals surface area contributed by atoms with Crippen LogP contribution in [0.3, 0.4) is 0 Å². The van der Waals surface area contributed by atoms with Crippen LogP contribution in [0.4, 0.5) is 5.69 Å². The van der Waals surface area contributed by atoms with Gasteiger partial charge in [0, 0.05) is 57.3 Å². The number of piperazine rings is 1. The molecule has 1 aliphatic rings. The second kappa shape index (κ2) is 11.1. The Labute approximate surface area is 217 Å². The summed E-state index contributed by atoms with van der Waals surface area (Å²) in [7, 11) is 1.65. The lowest BCUT2D eigenvalue weighted by Crippen LogP contribution is -2.43. The Hall–Kier alpha value is -4.41. The normalized spacial score (nSPS) is 13.2. The molecule has 4 aromatic rings. The van der Waals surface area contributed by atoms with Crippen molar-refractivity contribution in [3.63, 3.8) is 0 Å². The molecule has 1 fully saturated rings. The van der Waals surface area contributed by atoms with Crippen molar-refractivity contribution in [2.24, 2.45) is 0 Å². The summed E-state index contributed by atoms with van der Waals surface area (Å²) in [6.45, 7) is 4.00. The summed E-state index contributed by atoms with van der Waals surface area (Å²) in [5.41, 5.74) is 7.89. The number of hydrogen-bond donors (Lipinski definition) is 2. The first-order chi connectivity index (χ1) is 18.1. The third kappa shape index (κ3) is 5.55. The largest absolute Gasteiger partial charge is 0.369 e. The van der Waals surface area contributed by atoms with Gasteiger partial charge >= 0.3 is 0 Å². The number of carbonyl (C=O) groups excluding carboxylic acids is 1. The Morgan fingerprint density at radius 3 is 2.14 bits per heavy atom. The van der Waals surface area contributed by atoms with E-state index in [9.17, 15) is 4.79 Å². The number of aromatic nitrogens is 2. The average molecular weight is 491 g/mol. The SMILES string of the molecule is CNC(=O)CCc1cc(-c2ccc(-c3ccc(C#N)cc3)cc2)n(-c2ccc(N3CCNCC3)cc2)n1. The van der Waals surface area contributed by atoms with E-state index in [-0.39, 0.29) is 5.91 Å². The zero-order valence-corrected chi connectivity index (χ0v) is 20.9. The van der Waals surface area contributed by atoms with Gasteiger partial charge in [-0.05, 0) is 53.6 Å². The lowest BCUT2D eigenvalue weighted by Gasteiger charge is -2.29. The molecule has 2 heterocycles. The van der Waals surface area contributed by atoms with Crippen molar-refractivity contribution < 1.29 is 4.79 Å². The van der Waals surface area contributed by atoms with Crippen LogP contribution in [-0.4, -0.2) is 48.9 Å². The molecule has 0 atom stereocenters. The van der Waals surface area contributed by atoms with Crippen LogP contribution >= 0.6 is 0 Å². The fourth-order valence-corrected chi connectivity index (χ4v) is 4.62. The number of nitrogens with zero attached hydrogens (tertiary/aromatic N) is 4. The van der Waals surface area contributed by atoms with Crippen molar-refractivity contribution in [2.45, 2.75) is 12.8 Å². The minimum Gasteiger partial charge on any atom is -0.369 e. The fourth-order valence-electron chi connectivity index (χ4n) is 4.62. The Balaban J connectivity index is 1.45. The van der Waals surface area contributed by atoms with Gasteiger partial charge in [0.1, 0.15) is 0 Å². The van der Waals surface area contributed by atoms with Gasteiger partial charge in [0.15, 0.2) is 0 Å². The Morgan fingerprint density at radius 2 is 1.51 bits per heavy atom. The average Bonchev–Trinajstić information content (AvgIpc) is 3.41. The van der Waals surface area contributed by atoms with Gasteiger partial charge in [0.25, 0.3) is 0 Å². The van der Waals surface area contributed by atoms with Crippen molar-refractivity contribution in [1.82, 2.24) is 20.4 Å². The maximum absolute atomic E-state index is 11.8. The van der Waals surface area contributed by atoms with Crippen LogP contribution in [0.1, 0.15) is 17.7 Å². The summed E-state index contributed by atoms with van der Waals surface area (Å²) < 4.78 is 1.97. The molecule has 1 aromatic heterocycles. The zero-order chi connectivity index (χ0) is 25.6. The van der Waals surface area contributed by atoms with E-state index in [1.807, 2.05) is 28.9 Å². The van der Waals surface area contributed by atoms with Crippen LogP contribution in [-0.2, 0) is 11.2 Å². The van der Waals surface area contributed by atoms with Crippen molar-refractivity contribution in [1.29, 1.82) is 5.26 Å². The quantitative estimate of drug-likeness (QED) is 0.406. The number of anilines is 1. The van der Waals surface area contributed by atoms with Gasteiger partial charge in [0.05, 0.1) is 28.7 Å². The van der Waals surface area contributed by atoms with Crippen LogP contribution in [0.25, 0.3) is 28.1 Å². The van der Waals surface area contributed by atoms with E-state index in [1.54, 1.807) is 7.05 Å². The summed E-state index contributed by atoms with van der Waals surface area (Å²) in [6, 6.07) is 28.7. The molecule has 1 saturated heterocycles. The third-order valence-corrected chi connectivity index (χ3v) is 6.75. The molecule has 1 amide bonds. The van der Waals surface area contributed by atoms with Gasteiger partial charge < -0.3 is 15.5 Å². The van der Waals surface area contributed by atoms with Crippen molar-refractivity contribution in [3.8, 4) is 34.1 Å². The molecule has 0 saturated carbocycles. The highest BCUT2D eigenvalue weighted by atomic mass is 16.1. The Bertz CT molecular complexity index is 1390. The molecule has 0 radical (unpaired) electrons. The fraction of sp³-hybridized carbons (Fsp3) is 0.233. The molecule has 1 aliphatic heterocycles. The van der Waals surface area contributed by atoms with E-state index >= 15 is 0 Å². The predicted octanol–water partition coefficient (Wildman–Crippen LogP) is 4.17. The lowest BCUT2D eigenvalue weighted by atomic mass is 10.0.